The highest BCUT2D eigenvalue weighted by Crippen LogP contribution is 2.09. The van der Waals surface area contributed by atoms with E-state index in [4.69, 9.17) is 0 Å². The van der Waals surface area contributed by atoms with Crippen molar-refractivity contribution in [3.63, 3.8) is 0 Å². The van der Waals surface area contributed by atoms with Crippen LogP contribution in [0.15, 0.2) is 48.0 Å². The zero-order valence-corrected chi connectivity index (χ0v) is 8.47. The Balaban J connectivity index is 4.07. The van der Waals surface area contributed by atoms with Gasteiger partial charge in [0.2, 0.25) is 0 Å². The van der Waals surface area contributed by atoms with Gasteiger partial charge < -0.3 is 4.90 Å². The van der Waals surface area contributed by atoms with Crippen LogP contribution in [0.1, 0.15) is 6.92 Å². The number of rotatable bonds is 5. The van der Waals surface area contributed by atoms with Gasteiger partial charge in [-0.3, -0.25) is 0 Å². The molecule has 66 valence electrons. The molecule has 0 amide bonds. The molecule has 0 aromatic carbocycles. The summed E-state index contributed by atoms with van der Waals surface area (Å²) < 4.78 is 0. The van der Waals surface area contributed by atoms with Gasteiger partial charge in [0.05, 0.1) is 0 Å². The van der Waals surface area contributed by atoms with Crippen LogP contribution in [0.3, 0.4) is 0 Å². The van der Waals surface area contributed by atoms with Crippen molar-refractivity contribution in [3.05, 3.63) is 48.0 Å². The molecule has 0 bridgehead atoms. The summed E-state index contributed by atoms with van der Waals surface area (Å²) >= 11 is 1.58. The quantitative estimate of drug-likeness (QED) is 0.598. The van der Waals surface area contributed by atoms with Crippen molar-refractivity contribution in [2.45, 2.75) is 6.92 Å². The van der Waals surface area contributed by atoms with Gasteiger partial charge in [-0.1, -0.05) is 19.2 Å². The summed E-state index contributed by atoms with van der Waals surface area (Å²) in [5.41, 5.74) is 1.18. The van der Waals surface area contributed by atoms with E-state index < -0.39 is 0 Å². The van der Waals surface area contributed by atoms with Crippen LogP contribution in [0.25, 0.3) is 0 Å². The van der Waals surface area contributed by atoms with E-state index >= 15 is 0 Å². The third kappa shape index (κ3) is 4.85. The number of allylic oxidation sites excluding steroid dienone is 3. The van der Waals surface area contributed by atoms with E-state index in [1.165, 1.54) is 5.70 Å². The molecule has 1 nitrogen and oxygen atoms in total. The van der Waals surface area contributed by atoms with Crippen LogP contribution in [0.2, 0.25) is 0 Å². The maximum absolute atomic E-state index is 3.62. The van der Waals surface area contributed by atoms with E-state index in [0.29, 0.717) is 0 Å². The van der Waals surface area contributed by atoms with Crippen LogP contribution in [0.4, 0.5) is 0 Å². The topological polar surface area (TPSA) is 3.24 Å². The van der Waals surface area contributed by atoms with Crippen molar-refractivity contribution >= 4 is 11.8 Å². The SMILES string of the molecule is C=C/C=C\N(C)/C(C)=C\SC=C. The summed E-state index contributed by atoms with van der Waals surface area (Å²) in [6, 6.07) is 0. The Bertz CT molecular complexity index is 204. The van der Waals surface area contributed by atoms with Gasteiger partial charge in [-0.15, -0.1) is 11.8 Å². The number of thioether (sulfide) groups is 1. The van der Waals surface area contributed by atoms with Crippen molar-refractivity contribution in [1.29, 1.82) is 0 Å². The van der Waals surface area contributed by atoms with E-state index in [9.17, 15) is 0 Å². The summed E-state index contributed by atoms with van der Waals surface area (Å²) in [6.07, 6.45) is 5.61. The summed E-state index contributed by atoms with van der Waals surface area (Å²) in [6.45, 7) is 9.27. The molecule has 0 rings (SSSR count). The summed E-state index contributed by atoms with van der Waals surface area (Å²) in [7, 11) is 2.00. The summed E-state index contributed by atoms with van der Waals surface area (Å²) in [5, 5.41) is 3.84. The highest BCUT2D eigenvalue weighted by Gasteiger charge is 1.90. The first-order valence-electron chi connectivity index (χ1n) is 3.67. The van der Waals surface area contributed by atoms with E-state index in [1.807, 2.05) is 36.6 Å². The minimum atomic E-state index is 1.18. The monoisotopic (exact) mass is 181 g/mol. The van der Waals surface area contributed by atoms with Gasteiger partial charge in [-0.05, 0) is 23.8 Å². The predicted molar refractivity (Wildman–Crippen MR) is 58.6 cm³/mol. The average molecular weight is 181 g/mol. The summed E-state index contributed by atoms with van der Waals surface area (Å²) in [4.78, 5) is 2.03. The van der Waals surface area contributed by atoms with Crippen LogP contribution in [-0.2, 0) is 0 Å². The molecule has 0 saturated carbocycles. The number of nitrogens with zero attached hydrogens (tertiary/aromatic N) is 1. The molecular formula is C10H15NS. The lowest BCUT2D eigenvalue weighted by Crippen LogP contribution is -2.06. The minimum absolute atomic E-state index is 1.18. The molecule has 0 radical (unpaired) electrons. The van der Waals surface area contributed by atoms with Crippen molar-refractivity contribution in [2.24, 2.45) is 0 Å². The van der Waals surface area contributed by atoms with Crippen molar-refractivity contribution < 1.29 is 0 Å². The van der Waals surface area contributed by atoms with Crippen LogP contribution < -0.4 is 0 Å². The first-order valence-corrected chi connectivity index (χ1v) is 4.62. The largest absolute Gasteiger partial charge is 0.354 e. The lowest BCUT2D eigenvalue weighted by Gasteiger charge is -2.13. The average Bonchev–Trinajstić information content (AvgIpc) is 2.10. The second-order valence-electron chi connectivity index (χ2n) is 2.25. The van der Waals surface area contributed by atoms with Crippen LogP contribution in [0, 0.1) is 0 Å². The Morgan fingerprint density at radius 1 is 1.42 bits per heavy atom. The third-order valence-electron chi connectivity index (χ3n) is 1.34. The third-order valence-corrected chi connectivity index (χ3v) is 2.01. The Morgan fingerprint density at radius 2 is 2.08 bits per heavy atom. The Kier molecular flexibility index (Phi) is 6.29. The molecule has 0 aromatic heterocycles. The normalized spacial score (nSPS) is 11.7. The van der Waals surface area contributed by atoms with Gasteiger partial charge >= 0.3 is 0 Å². The molecular weight excluding hydrogens is 166 g/mol. The van der Waals surface area contributed by atoms with Crippen molar-refractivity contribution in [2.75, 3.05) is 7.05 Å². The highest BCUT2D eigenvalue weighted by atomic mass is 32.2. The van der Waals surface area contributed by atoms with Crippen molar-refractivity contribution in [1.82, 2.24) is 4.90 Å². The molecule has 0 aliphatic heterocycles. The fourth-order valence-electron chi connectivity index (χ4n) is 0.537. The number of hydrogen-bond donors (Lipinski definition) is 0. The summed E-state index contributed by atoms with van der Waals surface area (Å²) in [5.74, 6) is 0. The molecule has 0 atom stereocenters. The van der Waals surface area contributed by atoms with E-state index in [-0.39, 0.29) is 0 Å². The van der Waals surface area contributed by atoms with Gasteiger partial charge in [-0.25, -0.2) is 0 Å². The smallest absolute Gasteiger partial charge is 0.0206 e. The van der Waals surface area contributed by atoms with E-state index in [0.717, 1.165) is 0 Å². The molecule has 0 unspecified atom stereocenters. The fraction of sp³-hybridized carbons (Fsp3) is 0.200. The van der Waals surface area contributed by atoms with Gasteiger partial charge in [0.25, 0.3) is 0 Å². The first kappa shape index (κ1) is 11.1. The lowest BCUT2D eigenvalue weighted by molar-refractivity contribution is 0.572. The zero-order chi connectivity index (χ0) is 9.40. The maximum atomic E-state index is 3.62. The van der Waals surface area contributed by atoms with Crippen LogP contribution in [0.5, 0.6) is 0 Å². The molecule has 2 heteroatoms. The van der Waals surface area contributed by atoms with Crippen LogP contribution >= 0.6 is 11.8 Å². The lowest BCUT2D eigenvalue weighted by atomic mass is 10.5. The first-order chi connectivity index (χ1) is 5.72. The maximum Gasteiger partial charge on any atom is 0.0206 e. The Hall–Kier alpha value is -0.890. The van der Waals surface area contributed by atoms with Gasteiger partial charge in [0.1, 0.15) is 0 Å². The molecule has 0 saturated heterocycles. The zero-order valence-electron chi connectivity index (χ0n) is 7.66. The molecule has 0 spiro atoms. The standard InChI is InChI=1S/C10H15NS/c1-5-7-8-11(4)10(3)9-12-6-2/h5-9H,1-2H2,3-4H3/b8-7-,10-9-. The highest BCUT2D eigenvalue weighted by molar-refractivity contribution is 8.04. The van der Waals surface area contributed by atoms with E-state index in [1.54, 1.807) is 23.2 Å². The minimum Gasteiger partial charge on any atom is -0.354 e. The van der Waals surface area contributed by atoms with E-state index in [2.05, 4.69) is 13.2 Å². The van der Waals surface area contributed by atoms with Gasteiger partial charge in [0.15, 0.2) is 0 Å². The van der Waals surface area contributed by atoms with Gasteiger partial charge in [-0.2, -0.15) is 0 Å². The Morgan fingerprint density at radius 3 is 2.58 bits per heavy atom. The second kappa shape index (κ2) is 6.80. The van der Waals surface area contributed by atoms with Gasteiger partial charge in [0, 0.05) is 18.9 Å². The molecule has 0 aromatic rings. The molecule has 0 fully saturated rings. The van der Waals surface area contributed by atoms with Crippen molar-refractivity contribution in [3.8, 4) is 0 Å². The molecule has 0 aliphatic carbocycles. The molecule has 12 heavy (non-hydrogen) atoms. The molecule has 0 N–H and O–H groups in total. The molecule has 0 heterocycles. The predicted octanol–water partition coefficient (Wildman–Crippen LogP) is 3.36. The fourth-order valence-corrected chi connectivity index (χ4v) is 0.997. The Labute approximate surface area is 79.1 Å². The number of hydrogen-bond acceptors (Lipinski definition) is 2. The second-order valence-corrected chi connectivity index (χ2v) is 3.09. The molecule has 0 aliphatic rings. The van der Waals surface area contributed by atoms with Crippen LogP contribution in [-0.4, -0.2) is 11.9 Å².